The smallest absolute Gasteiger partial charge is 0.418 e. The van der Waals surface area contributed by atoms with Gasteiger partial charge in [0.1, 0.15) is 0 Å². The molecule has 13 heteroatoms. The molecule has 0 fully saturated rings. The molecule has 1 aromatic rings. The first-order chi connectivity index (χ1) is 12.7. The van der Waals surface area contributed by atoms with Gasteiger partial charge in [0.05, 0.1) is 12.1 Å². The van der Waals surface area contributed by atoms with Crippen molar-refractivity contribution < 1.29 is 55.4 Å². The van der Waals surface area contributed by atoms with E-state index in [1.54, 1.807) is 0 Å². The summed E-state index contributed by atoms with van der Waals surface area (Å²) in [7, 11) is -5.91. The molecule has 0 heterocycles. The highest BCUT2D eigenvalue weighted by Crippen LogP contribution is 2.54. The van der Waals surface area contributed by atoms with E-state index in [9.17, 15) is 40.7 Å². The third-order valence-electron chi connectivity index (χ3n) is 3.50. The van der Waals surface area contributed by atoms with E-state index in [-0.39, 0.29) is 0 Å². The molecule has 2 N–H and O–H groups in total. The number of rotatable bonds is 10. The number of alkyl halides is 4. The molecule has 0 aliphatic heterocycles. The highest BCUT2D eigenvalue weighted by molar-refractivity contribution is 7.54. The fraction of sp³-hybridized carbons (Fsp3) is 0.400. The molecule has 2 atom stereocenters. The number of aliphatic carboxylic acids is 2. The van der Waals surface area contributed by atoms with Gasteiger partial charge in [0.2, 0.25) is 0 Å². The third kappa shape index (κ3) is 5.75. The molecule has 0 spiro atoms. The van der Waals surface area contributed by atoms with Crippen LogP contribution in [0.15, 0.2) is 30.3 Å². The summed E-state index contributed by atoms with van der Waals surface area (Å²) in [4.78, 5) is 32.8. The molecule has 1 aromatic carbocycles. The van der Waals surface area contributed by atoms with Gasteiger partial charge in [0.15, 0.2) is 0 Å². The maximum atomic E-state index is 13.9. The number of carbonyl (C=O) groups is 3. The molecule has 0 aromatic heterocycles. The number of hydrogen-bond acceptors (Lipinski definition) is 5. The van der Waals surface area contributed by atoms with E-state index >= 15 is 0 Å². The minimum atomic E-state index is -5.91. The van der Waals surface area contributed by atoms with E-state index in [1.807, 2.05) is 0 Å². The van der Waals surface area contributed by atoms with Gasteiger partial charge in [0, 0.05) is 12.0 Å². The molecule has 0 bridgehead atoms. The Hall–Kier alpha value is -2.49. The molecular weight excluding hydrogens is 418 g/mol. The standard InChI is InChI=1S/C15H14F5O7P/c16-14(17,10-4-2-1-3-5-10)15(18,19)13(25)27-28(20,26)8-9(12(23)24)6-7-11(21)22/h1-5,9H,6-8H2,(H,21,22)(H,23,24). The first-order valence-corrected chi connectivity index (χ1v) is 9.19. The first-order valence-electron chi connectivity index (χ1n) is 7.49. The molecule has 0 saturated heterocycles. The molecule has 0 aliphatic rings. The number of halogens is 5. The Balaban J connectivity index is 2.97. The molecule has 7 nitrogen and oxygen atoms in total. The maximum Gasteiger partial charge on any atom is 0.418 e. The van der Waals surface area contributed by atoms with E-state index in [4.69, 9.17) is 10.2 Å². The van der Waals surface area contributed by atoms with Crippen LogP contribution in [0.5, 0.6) is 0 Å². The number of carboxylic acids is 2. The third-order valence-corrected chi connectivity index (χ3v) is 4.82. The number of carbonyl (C=O) groups excluding carboxylic acids is 1. The Labute approximate surface area is 154 Å². The molecule has 1 rings (SSSR count). The largest absolute Gasteiger partial charge is 0.481 e. The van der Waals surface area contributed by atoms with Crippen LogP contribution in [0.1, 0.15) is 18.4 Å². The Morgan fingerprint density at radius 2 is 1.61 bits per heavy atom. The van der Waals surface area contributed by atoms with Crippen LogP contribution in [0, 0.1) is 5.92 Å². The van der Waals surface area contributed by atoms with E-state index in [1.165, 1.54) is 6.07 Å². The quantitative estimate of drug-likeness (QED) is 0.428. The molecule has 2 unspecified atom stereocenters. The normalized spacial score (nSPS) is 15.3. The Kier molecular flexibility index (Phi) is 7.30. The van der Waals surface area contributed by atoms with Gasteiger partial charge in [-0.25, -0.2) is 9.36 Å². The van der Waals surface area contributed by atoms with Crippen LogP contribution >= 0.6 is 7.68 Å². The van der Waals surface area contributed by atoms with Crippen LogP contribution in [0.3, 0.4) is 0 Å². The van der Waals surface area contributed by atoms with Crippen molar-refractivity contribution in [2.24, 2.45) is 5.92 Å². The second-order valence-electron chi connectivity index (χ2n) is 5.63. The van der Waals surface area contributed by atoms with Gasteiger partial charge in [0.25, 0.3) is 0 Å². The van der Waals surface area contributed by atoms with E-state index < -0.39 is 67.9 Å². The van der Waals surface area contributed by atoms with Crippen molar-refractivity contribution in [1.82, 2.24) is 0 Å². The van der Waals surface area contributed by atoms with Crippen molar-refractivity contribution >= 4 is 25.6 Å². The van der Waals surface area contributed by atoms with Crippen molar-refractivity contribution in [3.8, 4) is 0 Å². The van der Waals surface area contributed by atoms with Gasteiger partial charge in [-0.05, 0) is 6.42 Å². The average molecular weight is 432 g/mol. The average Bonchev–Trinajstić information content (AvgIpc) is 2.58. The van der Waals surface area contributed by atoms with Crippen LogP contribution in [0.4, 0.5) is 21.8 Å². The fourth-order valence-corrected chi connectivity index (χ4v) is 3.33. The molecule has 0 amide bonds. The summed E-state index contributed by atoms with van der Waals surface area (Å²) in [6.07, 6.45) is -3.20. The van der Waals surface area contributed by atoms with E-state index in [0.29, 0.717) is 12.1 Å². The Morgan fingerprint density at radius 1 is 1.07 bits per heavy atom. The van der Waals surface area contributed by atoms with Crippen LogP contribution in [0.25, 0.3) is 0 Å². The van der Waals surface area contributed by atoms with E-state index in [2.05, 4.69) is 4.52 Å². The monoisotopic (exact) mass is 432 g/mol. The lowest BCUT2D eigenvalue weighted by Gasteiger charge is -2.25. The Morgan fingerprint density at radius 3 is 2.07 bits per heavy atom. The first kappa shape index (κ1) is 23.5. The van der Waals surface area contributed by atoms with Crippen molar-refractivity contribution in [3.05, 3.63) is 35.9 Å². The SMILES string of the molecule is O=C(O)CCC(CP(=O)(F)OC(=O)C(F)(F)C(F)(F)c1ccccc1)C(=O)O. The van der Waals surface area contributed by atoms with Gasteiger partial charge in [-0.2, -0.15) is 17.6 Å². The fourth-order valence-electron chi connectivity index (χ4n) is 2.03. The summed E-state index contributed by atoms with van der Waals surface area (Å²) < 4.78 is 84.5. The van der Waals surface area contributed by atoms with Gasteiger partial charge in [-0.3, -0.25) is 9.59 Å². The highest BCUT2D eigenvalue weighted by Gasteiger charge is 2.65. The zero-order valence-electron chi connectivity index (χ0n) is 13.9. The molecule has 28 heavy (non-hydrogen) atoms. The number of hydrogen-bond donors (Lipinski definition) is 2. The summed E-state index contributed by atoms with van der Waals surface area (Å²) in [5.74, 6) is -19.2. The minimum absolute atomic E-state index is 0.572. The van der Waals surface area contributed by atoms with Crippen molar-refractivity contribution in [2.45, 2.75) is 24.7 Å². The topological polar surface area (TPSA) is 118 Å². The van der Waals surface area contributed by atoms with Gasteiger partial charge in [-0.1, -0.05) is 30.3 Å². The van der Waals surface area contributed by atoms with Gasteiger partial charge >= 0.3 is 37.4 Å². The number of benzene rings is 1. The summed E-state index contributed by atoms with van der Waals surface area (Å²) in [6.45, 7) is 0. The zero-order valence-corrected chi connectivity index (χ0v) is 14.8. The van der Waals surface area contributed by atoms with Crippen LogP contribution < -0.4 is 0 Å². The van der Waals surface area contributed by atoms with Crippen molar-refractivity contribution in [3.63, 3.8) is 0 Å². The summed E-state index contributed by atoms with van der Waals surface area (Å²) in [5, 5.41) is 17.3. The van der Waals surface area contributed by atoms with Gasteiger partial charge in [-0.15, -0.1) is 4.20 Å². The second kappa shape index (κ2) is 8.68. The molecular formula is C15H14F5O7P. The van der Waals surface area contributed by atoms with Crippen LogP contribution in [0.2, 0.25) is 0 Å². The second-order valence-corrected chi connectivity index (χ2v) is 7.36. The summed E-state index contributed by atoms with van der Waals surface area (Å²) >= 11 is 0. The summed E-state index contributed by atoms with van der Waals surface area (Å²) in [5.41, 5.74) is -1.30. The summed E-state index contributed by atoms with van der Waals surface area (Å²) in [6, 6.07) is 4.33. The lowest BCUT2D eigenvalue weighted by atomic mass is 10.0. The lowest BCUT2D eigenvalue weighted by Crippen LogP contribution is -2.45. The minimum Gasteiger partial charge on any atom is -0.481 e. The number of carboxylic acid groups (broad SMARTS) is 2. The molecule has 156 valence electrons. The van der Waals surface area contributed by atoms with E-state index in [0.717, 1.165) is 12.1 Å². The molecule has 0 aliphatic carbocycles. The molecule has 0 saturated carbocycles. The molecule has 0 radical (unpaired) electrons. The predicted molar refractivity (Wildman–Crippen MR) is 83.0 cm³/mol. The lowest BCUT2D eigenvalue weighted by molar-refractivity contribution is -0.226. The van der Waals surface area contributed by atoms with Crippen molar-refractivity contribution in [2.75, 3.05) is 6.16 Å². The van der Waals surface area contributed by atoms with Crippen molar-refractivity contribution in [1.29, 1.82) is 0 Å². The van der Waals surface area contributed by atoms with Gasteiger partial charge < -0.3 is 14.7 Å². The highest BCUT2D eigenvalue weighted by atomic mass is 31.2. The Bertz CT molecular complexity index is 784. The maximum absolute atomic E-state index is 13.9. The van der Waals surface area contributed by atoms with Crippen LogP contribution in [-0.2, 0) is 29.4 Å². The van der Waals surface area contributed by atoms with Crippen LogP contribution in [-0.4, -0.2) is 40.2 Å². The zero-order chi connectivity index (χ0) is 21.8. The predicted octanol–water partition coefficient (Wildman–Crippen LogP) is 3.69.